The Labute approximate surface area is 173 Å². The minimum absolute atomic E-state index is 0.163. The maximum absolute atomic E-state index is 12.6. The molecule has 0 aromatic carbocycles. The molecule has 0 aromatic rings. The van der Waals surface area contributed by atoms with Crippen molar-refractivity contribution in [1.29, 1.82) is 0 Å². The molecule has 9 atom stereocenters. The molecule has 0 aromatic heterocycles. The second-order valence-electron chi connectivity index (χ2n) is 8.41. The predicted octanol–water partition coefficient (Wildman–Crippen LogP) is -1.59. The van der Waals surface area contributed by atoms with Crippen LogP contribution in [0.3, 0.4) is 0 Å². The van der Waals surface area contributed by atoms with Crippen molar-refractivity contribution in [1.82, 2.24) is 0 Å². The largest absolute Gasteiger partial charge is 0.472 e. The Balaban J connectivity index is 1.99. The summed E-state index contributed by atoms with van der Waals surface area (Å²) in [5.74, 6) is 0. The number of aliphatic hydroxyl groups is 1. The van der Waals surface area contributed by atoms with Gasteiger partial charge in [-0.2, -0.15) is 0 Å². The number of rotatable bonds is 9. The van der Waals surface area contributed by atoms with Crippen LogP contribution in [0, 0.1) is 0 Å². The summed E-state index contributed by atoms with van der Waals surface area (Å²) in [7, 11) is 1.98. The van der Waals surface area contributed by atoms with Gasteiger partial charge in [-0.05, 0) is 20.8 Å². The first-order valence-corrected chi connectivity index (χ1v) is 11.2. The molecule has 2 fully saturated rings. The van der Waals surface area contributed by atoms with Crippen molar-refractivity contribution in [3.05, 3.63) is 0 Å². The lowest BCUT2D eigenvalue weighted by molar-refractivity contribution is -0.0835. The average molecular weight is 438 g/mol. The number of methoxy groups -OCH3 is 2. The van der Waals surface area contributed by atoms with Crippen LogP contribution in [0.15, 0.2) is 0 Å². The molecule has 2 N–H and O–H groups in total. The molecule has 0 aliphatic carbocycles. The first-order valence-electron chi connectivity index (χ1n) is 9.73. The first kappa shape index (κ1) is 25.3. The molecule has 2 aliphatic heterocycles. The van der Waals surface area contributed by atoms with Crippen molar-refractivity contribution in [2.24, 2.45) is 0 Å². The molecule has 9 unspecified atom stereocenters. The molecular weight excluding hydrogens is 405 g/mol. The molecule has 13 heteroatoms. The summed E-state index contributed by atoms with van der Waals surface area (Å²) in [5, 5.41) is 10.2. The molecule has 10 nitrogen and oxygen atoms in total. The van der Waals surface area contributed by atoms with Gasteiger partial charge in [0.1, 0.15) is 52.3 Å². The Kier molecular flexibility index (Phi) is 8.78. The van der Waals surface area contributed by atoms with Crippen molar-refractivity contribution in [2.75, 3.05) is 27.4 Å². The van der Waals surface area contributed by atoms with Gasteiger partial charge in [0, 0.05) is 14.2 Å². The van der Waals surface area contributed by atoms with Gasteiger partial charge >= 0.3 is 7.82 Å². The zero-order valence-electron chi connectivity index (χ0n) is 18.1. The number of phosphoric ester groups is 1. The third-order valence-electron chi connectivity index (χ3n) is 4.99. The number of hydrogen-bond donors (Lipinski definition) is 2. The summed E-state index contributed by atoms with van der Waals surface area (Å²) in [4.78, 5) is 10.2. The lowest BCUT2D eigenvalue weighted by Crippen LogP contribution is -2.39. The molecule has 0 spiro atoms. The zero-order valence-corrected chi connectivity index (χ0v) is 19.0. The lowest BCUT2D eigenvalue weighted by Gasteiger charge is -2.27. The van der Waals surface area contributed by atoms with Crippen LogP contribution in [0.1, 0.15) is 20.8 Å². The van der Waals surface area contributed by atoms with E-state index in [1.807, 2.05) is 20.8 Å². The number of hydrogen-bond acceptors (Lipinski definition) is 9. The summed E-state index contributed by atoms with van der Waals surface area (Å²) < 4.78 is 50.8. The van der Waals surface area contributed by atoms with Crippen LogP contribution >= 0.6 is 7.82 Å². The normalized spacial score (nSPS) is 40.2. The van der Waals surface area contributed by atoms with Crippen molar-refractivity contribution in [3.63, 3.8) is 0 Å². The Morgan fingerprint density at radius 3 is 2.03 bits per heavy atom. The summed E-state index contributed by atoms with van der Waals surface area (Å²) >= 11 is 0. The van der Waals surface area contributed by atoms with Crippen molar-refractivity contribution in [3.8, 4) is 0 Å². The molecule has 2 heterocycles. The number of ether oxygens (including phenoxy) is 5. The van der Waals surface area contributed by atoms with Gasteiger partial charge in [0.15, 0.2) is 0 Å². The van der Waals surface area contributed by atoms with E-state index in [9.17, 15) is 14.6 Å². The molecule has 0 bridgehead atoms. The Morgan fingerprint density at radius 2 is 1.52 bits per heavy atom. The van der Waals surface area contributed by atoms with Crippen molar-refractivity contribution >= 4 is 23.5 Å². The van der Waals surface area contributed by atoms with Gasteiger partial charge in [-0.1, -0.05) is 0 Å². The summed E-state index contributed by atoms with van der Waals surface area (Å²) in [5.41, 5.74) is -0.410. The van der Waals surface area contributed by atoms with Crippen LogP contribution in [0.25, 0.3) is 0 Å². The van der Waals surface area contributed by atoms with Crippen molar-refractivity contribution in [2.45, 2.75) is 75.0 Å². The van der Waals surface area contributed by atoms with E-state index in [0.29, 0.717) is 0 Å². The zero-order chi connectivity index (χ0) is 22.0. The van der Waals surface area contributed by atoms with Gasteiger partial charge < -0.3 is 33.7 Å². The highest BCUT2D eigenvalue weighted by molar-refractivity contribution is 7.47. The monoisotopic (exact) mass is 438 g/mol. The minimum Gasteiger partial charge on any atom is -0.388 e. The fourth-order valence-electron chi connectivity index (χ4n) is 3.57. The van der Waals surface area contributed by atoms with Gasteiger partial charge in [-0.25, -0.2) is 4.57 Å². The van der Waals surface area contributed by atoms with E-state index in [1.54, 1.807) is 15.7 Å². The Morgan fingerprint density at radius 1 is 0.966 bits per heavy atom. The summed E-state index contributed by atoms with van der Waals surface area (Å²) in [6.45, 7) is 5.53. The maximum Gasteiger partial charge on any atom is 0.472 e. The SMILES string of the molecule is BC1OC(COP(=O)(O)OC2C(COC(C)(C)C)OC(B)C2OC)C(O)C1OC. The van der Waals surface area contributed by atoms with Crippen LogP contribution in [0.2, 0.25) is 0 Å². The van der Waals surface area contributed by atoms with Gasteiger partial charge in [-0.3, -0.25) is 9.05 Å². The van der Waals surface area contributed by atoms with E-state index >= 15 is 0 Å². The van der Waals surface area contributed by atoms with Crippen LogP contribution in [-0.4, -0.2) is 107 Å². The molecule has 0 saturated carbocycles. The van der Waals surface area contributed by atoms with Crippen LogP contribution in [-0.2, 0) is 37.3 Å². The van der Waals surface area contributed by atoms with E-state index in [1.165, 1.54) is 14.2 Å². The second kappa shape index (κ2) is 10.1. The average Bonchev–Trinajstić information content (AvgIpc) is 3.05. The van der Waals surface area contributed by atoms with E-state index < -0.39 is 50.0 Å². The standard InChI is InChI=1S/C16H33B2O10P/c1-16(2,3)24-6-9-11(13(23-5)15(18)27-9)28-29(20,21)25-7-8-10(19)12(22-4)14(17)26-8/h8-15,19H,6-7,17-18H2,1-5H3,(H,20,21). The molecule has 2 rings (SSSR count). The second-order valence-corrected chi connectivity index (χ2v) is 9.81. The fraction of sp³-hybridized carbons (Fsp3) is 1.00. The quantitative estimate of drug-likeness (QED) is 0.322. The molecule has 2 saturated heterocycles. The summed E-state index contributed by atoms with van der Waals surface area (Å²) in [6.07, 6.45) is -4.37. The van der Waals surface area contributed by atoms with E-state index in [4.69, 9.17) is 32.7 Å². The van der Waals surface area contributed by atoms with E-state index in [0.717, 1.165) is 0 Å². The van der Waals surface area contributed by atoms with E-state index in [-0.39, 0.29) is 25.2 Å². The highest BCUT2D eigenvalue weighted by atomic mass is 31.2. The Bertz CT molecular complexity index is 576. The number of aliphatic hydroxyl groups excluding tert-OH is 1. The number of phosphoric acid groups is 1. The molecule has 29 heavy (non-hydrogen) atoms. The summed E-state index contributed by atoms with van der Waals surface area (Å²) in [6, 6.07) is -0.731. The minimum atomic E-state index is -4.49. The molecule has 2 aliphatic rings. The third-order valence-corrected chi connectivity index (χ3v) is 5.98. The molecule has 168 valence electrons. The van der Waals surface area contributed by atoms with Crippen LogP contribution in [0.4, 0.5) is 0 Å². The van der Waals surface area contributed by atoms with Gasteiger partial charge in [0.25, 0.3) is 0 Å². The molecule has 0 radical (unpaired) electrons. The topological polar surface area (TPSA) is 122 Å². The molecule has 0 amide bonds. The Hall–Kier alpha value is -0.000130. The molecular formula is C16H33B2O10P. The third kappa shape index (κ3) is 6.74. The van der Waals surface area contributed by atoms with Crippen LogP contribution < -0.4 is 0 Å². The highest BCUT2D eigenvalue weighted by Crippen LogP contribution is 2.48. The lowest BCUT2D eigenvalue weighted by atomic mass is 9.93. The van der Waals surface area contributed by atoms with Gasteiger partial charge in [0.05, 0.1) is 30.8 Å². The highest BCUT2D eigenvalue weighted by Gasteiger charge is 2.48. The van der Waals surface area contributed by atoms with Gasteiger partial charge in [0.2, 0.25) is 0 Å². The van der Waals surface area contributed by atoms with Crippen LogP contribution in [0.5, 0.6) is 0 Å². The smallest absolute Gasteiger partial charge is 0.388 e. The fourth-order valence-corrected chi connectivity index (χ4v) is 4.53. The van der Waals surface area contributed by atoms with Gasteiger partial charge in [-0.15, -0.1) is 0 Å². The first-order chi connectivity index (χ1) is 13.4. The van der Waals surface area contributed by atoms with Crippen molar-refractivity contribution < 1.29 is 47.3 Å². The predicted molar refractivity (Wildman–Crippen MR) is 108 cm³/mol. The maximum atomic E-state index is 12.6. The van der Waals surface area contributed by atoms with E-state index in [2.05, 4.69) is 0 Å².